The summed E-state index contributed by atoms with van der Waals surface area (Å²) in [6.07, 6.45) is 0. The summed E-state index contributed by atoms with van der Waals surface area (Å²) < 4.78 is 32.0. The van der Waals surface area contributed by atoms with Gasteiger partial charge < -0.3 is 4.74 Å². The second-order valence-corrected chi connectivity index (χ2v) is 5.63. The molecule has 0 aliphatic heterocycles. The quantitative estimate of drug-likeness (QED) is 0.690. The van der Waals surface area contributed by atoms with E-state index in [4.69, 9.17) is 4.74 Å². The second-order valence-electron chi connectivity index (χ2n) is 3.92. The van der Waals surface area contributed by atoms with Crippen molar-refractivity contribution in [3.8, 4) is 5.75 Å². The molecule has 0 spiro atoms. The lowest BCUT2D eigenvalue weighted by Crippen LogP contribution is -2.05. The van der Waals surface area contributed by atoms with Crippen LogP contribution in [0.25, 0.3) is 0 Å². The molecule has 20 heavy (non-hydrogen) atoms. The highest BCUT2D eigenvalue weighted by Crippen LogP contribution is 2.29. The summed E-state index contributed by atoms with van der Waals surface area (Å²) in [5.41, 5.74) is 0.467. The third-order valence-corrected chi connectivity index (χ3v) is 3.88. The fraction of sp³-hybridized carbons (Fsp3) is 0.0714. The molecule has 0 aromatic heterocycles. The predicted molar refractivity (Wildman–Crippen MR) is 78.2 cm³/mol. The number of halogens is 4. The maximum Gasteiger partial charge on any atom is 0.196 e. The summed E-state index contributed by atoms with van der Waals surface area (Å²) in [7, 11) is 1.35. The zero-order chi connectivity index (χ0) is 14.9. The Morgan fingerprint density at radius 2 is 1.70 bits per heavy atom. The summed E-state index contributed by atoms with van der Waals surface area (Å²) in [6, 6.07) is 6.37. The van der Waals surface area contributed by atoms with Crippen LogP contribution in [0.4, 0.5) is 8.78 Å². The molecule has 0 saturated carbocycles. The Balaban J connectivity index is 2.52. The number of methoxy groups -OCH3 is 1. The molecule has 2 aromatic rings. The normalized spacial score (nSPS) is 10.4. The number of ketones is 1. The number of carbonyl (C=O) groups excluding carboxylic acids is 1. The van der Waals surface area contributed by atoms with Gasteiger partial charge in [0, 0.05) is 11.6 Å². The van der Waals surface area contributed by atoms with E-state index in [1.54, 1.807) is 0 Å². The second kappa shape index (κ2) is 6.01. The molecule has 0 unspecified atom stereocenters. The van der Waals surface area contributed by atoms with Crippen molar-refractivity contribution in [3.63, 3.8) is 0 Å². The lowest BCUT2D eigenvalue weighted by atomic mass is 10.0. The minimum atomic E-state index is -0.529. The zero-order valence-electron chi connectivity index (χ0n) is 10.2. The molecule has 0 N–H and O–H groups in total. The Labute approximate surface area is 131 Å². The van der Waals surface area contributed by atoms with Crippen molar-refractivity contribution in [2.24, 2.45) is 0 Å². The van der Waals surface area contributed by atoms with E-state index in [0.717, 1.165) is 6.07 Å². The molecule has 0 saturated heterocycles. The molecule has 0 aliphatic carbocycles. The van der Waals surface area contributed by atoms with Crippen LogP contribution in [-0.2, 0) is 0 Å². The highest BCUT2D eigenvalue weighted by molar-refractivity contribution is 9.10. The smallest absolute Gasteiger partial charge is 0.196 e. The number of carbonyl (C=O) groups is 1. The van der Waals surface area contributed by atoms with E-state index in [9.17, 15) is 13.6 Å². The summed E-state index contributed by atoms with van der Waals surface area (Å²) in [5, 5.41) is 0. The third-order valence-electron chi connectivity index (χ3n) is 2.67. The molecule has 0 bridgehead atoms. The van der Waals surface area contributed by atoms with Gasteiger partial charge in [-0.15, -0.1) is 0 Å². The maximum absolute atomic E-state index is 13.4. The lowest BCUT2D eigenvalue weighted by molar-refractivity contribution is 0.103. The number of ether oxygens (including phenoxy) is 1. The highest BCUT2D eigenvalue weighted by atomic mass is 79.9. The maximum atomic E-state index is 13.4. The molecule has 2 rings (SSSR count). The van der Waals surface area contributed by atoms with Crippen LogP contribution in [0.15, 0.2) is 39.3 Å². The largest absolute Gasteiger partial charge is 0.496 e. The molecule has 0 aliphatic rings. The molecular weight excluding hydrogens is 398 g/mol. The van der Waals surface area contributed by atoms with Gasteiger partial charge in [0.05, 0.1) is 21.6 Å². The van der Waals surface area contributed by atoms with E-state index in [-0.39, 0.29) is 31.6 Å². The molecule has 0 fully saturated rings. The fourth-order valence-corrected chi connectivity index (χ4v) is 2.39. The standard InChI is InChI=1S/C14H8Br2F2O2/c1-20-13-6-12(18)10(16)5-8(13)14(19)7-2-3-11(17)9(15)4-7/h2-6H,1H3. The van der Waals surface area contributed by atoms with Crippen LogP contribution in [0.5, 0.6) is 5.75 Å². The van der Waals surface area contributed by atoms with E-state index in [0.29, 0.717) is 0 Å². The van der Waals surface area contributed by atoms with Gasteiger partial charge in [0.2, 0.25) is 0 Å². The average Bonchev–Trinajstić information content (AvgIpc) is 2.43. The van der Waals surface area contributed by atoms with Gasteiger partial charge in [0.15, 0.2) is 5.78 Å². The van der Waals surface area contributed by atoms with E-state index < -0.39 is 11.6 Å². The summed E-state index contributed by atoms with van der Waals surface area (Å²) in [4.78, 5) is 12.4. The van der Waals surface area contributed by atoms with Crippen molar-refractivity contribution < 1.29 is 18.3 Å². The van der Waals surface area contributed by atoms with E-state index in [1.807, 2.05) is 0 Å². The predicted octanol–water partition coefficient (Wildman–Crippen LogP) is 4.73. The molecule has 2 nitrogen and oxygen atoms in total. The van der Waals surface area contributed by atoms with Gasteiger partial charge in [-0.2, -0.15) is 0 Å². The van der Waals surface area contributed by atoms with Crippen LogP contribution in [0.1, 0.15) is 15.9 Å². The van der Waals surface area contributed by atoms with Gasteiger partial charge in [-0.05, 0) is 56.1 Å². The summed E-state index contributed by atoms with van der Waals surface area (Å²) in [6.45, 7) is 0. The van der Waals surface area contributed by atoms with Crippen LogP contribution in [0, 0.1) is 11.6 Å². The number of benzene rings is 2. The Morgan fingerprint density at radius 3 is 2.30 bits per heavy atom. The first-order valence-corrected chi connectivity index (χ1v) is 7.05. The summed E-state index contributed by atoms with van der Waals surface area (Å²) >= 11 is 6.05. The Kier molecular flexibility index (Phi) is 4.55. The topological polar surface area (TPSA) is 26.3 Å². The Morgan fingerprint density at radius 1 is 1.05 bits per heavy atom. The van der Waals surface area contributed by atoms with Gasteiger partial charge in [-0.25, -0.2) is 8.78 Å². The number of hydrogen-bond acceptors (Lipinski definition) is 2. The first-order chi connectivity index (χ1) is 9.43. The minimum Gasteiger partial charge on any atom is -0.496 e. The summed E-state index contributed by atoms with van der Waals surface area (Å²) in [5.74, 6) is -1.26. The Hall–Kier alpha value is -1.27. The number of hydrogen-bond donors (Lipinski definition) is 0. The molecule has 6 heteroatoms. The third kappa shape index (κ3) is 2.91. The molecule has 0 heterocycles. The van der Waals surface area contributed by atoms with Crippen molar-refractivity contribution in [2.75, 3.05) is 7.11 Å². The van der Waals surface area contributed by atoms with Crippen LogP contribution in [0.2, 0.25) is 0 Å². The van der Waals surface area contributed by atoms with Gasteiger partial charge in [-0.3, -0.25) is 4.79 Å². The molecule has 0 atom stereocenters. The average molecular weight is 406 g/mol. The van der Waals surface area contributed by atoms with Gasteiger partial charge in [0.1, 0.15) is 17.4 Å². The van der Waals surface area contributed by atoms with Crippen LogP contribution < -0.4 is 4.74 Å². The van der Waals surface area contributed by atoms with Crippen molar-refractivity contribution in [1.29, 1.82) is 0 Å². The van der Waals surface area contributed by atoms with Crippen molar-refractivity contribution in [1.82, 2.24) is 0 Å². The van der Waals surface area contributed by atoms with Crippen molar-refractivity contribution >= 4 is 37.6 Å². The van der Waals surface area contributed by atoms with Crippen molar-refractivity contribution in [3.05, 3.63) is 62.0 Å². The molecule has 2 aromatic carbocycles. The van der Waals surface area contributed by atoms with Crippen LogP contribution in [-0.4, -0.2) is 12.9 Å². The molecule has 0 amide bonds. The van der Waals surface area contributed by atoms with Gasteiger partial charge in [-0.1, -0.05) is 0 Å². The minimum absolute atomic E-state index is 0.121. The SMILES string of the molecule is COc1cc(F)c(Br)cc1C(=O)c1ccc(F)c(Br)c1. The highest BCUT2D eigenvalue weighted by Gasteiger charge is 2.18. The fourth-order valence-electron chi connectivity index (χ4n) is 1.67. The van der Waals surface area contributed by atoms with E-state index >= 15 is 0 Å². The molecule has 104 valence electrons. The van der Waals surface area contributed by atoms with Crippen LogP contribution in [0.3, 0.4) is 0 Å². The lowest BCUT2D eigenvalue weighted by Gasteiger charge is -2.09. The van der Waals surface area contributed by atoms with E-state index in [2.05, 4.69) is 31.9 Å². The van der Waals surface area contributed by atoms with Gasteiger partial charge in [0.25, 0.3) is 0 Å². The first-order valence-electron chi connectivity index (χ1n) is 5.47. The van der Waals surface area contributed by atoms with Crippen LogP contribution >= 0.6 is 31.9 Å². The monoisotopic (exact) mass is 404 g/mol. The Bertz CT molecular complexity index is 687. The first kappa shape index (κ1) is 15.1. The zero-order valence-corrected chi connectivity index (χ0v) is 13.4. The van der Waals surface area contributed by atoms with Gasteiger partial charge >= 0.3 is 0 Å². The van der Waals surface area contributed by atoms with E-state index in [1.165, 1.54) is 31.4 Å². The number of rotatable bonds is 3. The molecule has 0 radical (unpaired) electrons. The van der Waals surface area contributed by atoms with Crippen molar-refractivity contribution in [2.45, 2.75) is 0 Å². The molecular formula is C14H8Br2F2O2.